The standard InChI is InChI=1S/C19H20N2O2/c20-17-8-4-7-16(13-17)19(23)21-11-9-15(10-12-21)18(22)14-5-2-1-3-6-14/h1-8,13,15H,9-12,20H2. The van der Waals surface area contributed by atoms with Crippen LogP contribution in [0.1, 0.15) is 33.6 Å². The molecule has 118 valence electrons. The number of Topliss-reactive ketones (excluding diaryl/α,β-unsaturated/α-hetero) is 1. The normalized spacial score (nSPS) is 15.4. The van der Waals surface area contributed by atoms with Crippen LogP contribution >= 0.6 is 0 Å². The molecule has 1 heterocycles. The summed E-state index contributed by atoms with van der Waals surface area (Å²) in [6, 6.07) is 16.4. The summed E-state index contributed by atoms with van der Waals surface area (Å²) in [5.74, 6) is 0.173. The molecule has 1 saturated heterocycles. The Morgan fingerprint density at radius 2 is 1.57 bits per heavy atom. The van der Waals surface area contributed by atoms with Crippen molar-refractivity contribution in [3.05, 3.63) is 65.7 Å². The number of hydrogen-bond acceptors (Lipinski definition) is 3. The molecule has 0 aromatic heterocycles. The van der Waals surface area contributed by atoms with E-state index in [1.165, 1.54) is 0 Å². The zero-order chi connectivity index (χ0) is 16.2. The van der Waals surface area contributed by atoms with Gasteiger partial charge in [-0.25, -0.2) is 0 Å². The predicted octanol–water partition coefficient (Wildman–Crippen LogP) is 3.00. The first-order valence-electron chi connectivity index (χ1n) is 7.89. The Hall–Kier alpha value is -2.62. The highest BCUT2D eigenvalue weighted by Crippen LogP contribution is 2.23. The fourth-order valence-corrected chi connectivity index (χ4v) is 3.04. The zero-order valence-electron chi connectivity index (χ0n) is 12.9. The molecule has 0 atom stereocenters. The van der Waals surface area contributed by atoms with Crippen molar-refractivity contribution in [1.29, 1.82) is 0 Å². The molecule has 4 heteroatoms. The molecule has 0 aliphatic carbocycles. The van der Waals surface area contributed by atoms with Crippen LogP contribution in [0.5, 0.6) is 0 Å². The molecule has 1 aliphatic heterocycles. The van der Waals surface area contributed by atoms with E-state index >= 15 is 0 Å². The lowest BCUT2D eigenvalue weighted by Crippen LogP contribution is -2.40. The van der Waals surface area contributed by atoms with Crippen LogP contribution in [0.2, 0.25) is 0 Å². The van der Waals surface area contributed by atoms with E-state index in [-0.39, 0.29) is 17.6 Å². The molecule has 23 heavy (non-hydrogen) atoms. The predicted molar refractivity (Wildman–Crippen MR) is 90.3 cm³/mol. The van der Waals surface area contributed by atoms with Gasteiger partial charge in [0, 0.05) is 35.8 Å². The fraction of sp³-hybridized carbons (Fsp3) is 0.263. The molecule has 0 spiro atoms. The van der Waals surface area contributed by atoms with Gasteiger partial charge >= 0.3 is 0 Å². The van der Waals surface area contributed by atoms with Gasteiger partial charge in [-0.15, -0.1) is 0 Å². The van der Waals surface area contributed by atoms with Gasteiger partial charge in [-0.05, 0) is 31.0 Å². The second kappa shape index (κ2) is 6.65. The SMILES string of the molecule is Nc1cccc(C(=O)N2CCC(C(=O)c3ccccc3)CC2)c1. The molecule has 1 aliphatic rings. The largest absolute Gasteiger partial charge is 0.399 e. The summed E-state index contributed by atoms with van der Waals surface area (Å²) in [6.45, 7) is 1.22. The molecule has 1 fully saturated rings. The van der Waals surface area contributed by atoms with Crippen molar-refractivity contribution < 1.29 is 9.59 Å². The Labute approximate surface area is 135 Å². The maximum absolute atomic E-state index is 12.5. The van der Waals surface area contributed by atoms with Crippen LogP contribution in [0.25, 0.3) is 0 Å². The minimum absolute atomic E-state index is 0.00212. The number of nitrogens with zero attached hydrogens (tertiary/aromatic N) is 1. The maximum Gasteiger partial charge on any atom is 0.253 e. The Morgan fingerprint density at radius 1 is 0.913 bits per heavy atom. The van der Waals surface area contributed by atoms with Gasteiger partial charge < -0.3 is 10.6 Å². The molecule has 0 unspecified atom stereocenters. The molecule has 3 rings (SSSR count). The molecule has 2 aromatic rings. The number of nitrogens with two attached hydrogens (primary N) is 1. The number of rotatable bonds is 3. The monoisotopic (exact) mass is 308 g/mol. The molecule has 1 amide bonds. The van der Waals surface area contributed by atoms with E-state index in [4.69, 9.17) is 5.73 Å². The maximum atomic E-state index is 12.5. The van der Waals surface area contributed by atoms with Crippen molar-refractivity contribution in [3.8, 4) is 0 Å². The first-order chi connectivity index (χ1) is 11.1. The molecular formula is C19H20N2O2. The summed E-state index contributed by atoms with van der Waals surface area (Å²) in [4.78, 5) is 26.8. The summed E-state index contributed by atoms with van der Waals surface area (Å²) >= 11 is 0. The smallest absolute Gasteiger partial charge is 0.253 e. The van der Waals surface area contributed by atoms with Crippen molar-refractivity contribution in [2.75, 3.05) is 18.8 Å². The third-order valence-corrected chi connectivity index (χ3v) is 4.34. The van der Waals surface area contributed by atoms with E-state index in [9.17, 15) is 9.59 Å². The number of carbonyl (C=O) groups is 2. The lowest BCUT2D eigenvalue weighted by Gasteiger charge is -2.31. The van der Waals surface area contributed by atoms with E-state index < -0.39 is 0 Å². The summed E-state index contributed by atoms with van der Waals surface area (Å²) in [5, 5.41) is 0. The number of benzene rings is 2. The highest BCUT2D eigenvalue weighted by atomic mass is 16.2. The van der Waals surface area contributed by atoms with Crippen LogP contribution in [-0.2, 0) is 0 Å². The Balaban J connectivity index is 1.62. The third-order valence-electron chi connectivity index (χ3n) is 4.34. The van der Waals surface area contributed by atoms with Crippen LogP contribution in [-0.4, -0.2) is 29.7 Å². The quantitative estimate of drug-likeness (QED) is 0.700. The van der Waals surface area contributed by atoms with E-state index in [0.29, 0.717) is 37.2 Å². The molecule has 0 bridgehead atoms. The second-order valence-electron chi connectivity index (χ2n) is 5.92. The first kappa shape index (κ1) is 15.3. The summed E-state index contributed by atoms with van der Waals surface area (Å²) in [6.07, 6.45) is 1.42. The van der Waals surface area contributed by atoms with Gasteiger partial charge in [0.2, 0.25) is 0 Å². The number of amides is 1. The van der Waals surface area contributed by atoms with E-state index in [2.05, 4.69) is 0 Å². The van der Waals surface area contributed by atoms with Crippen molar-refractivity contribution >= 4 is 17.4 Å². The topological polar surface area (TPSA) is 63.4 Å². The molecule has 4 nitrogen and oxygen atoms in total. The number of likely N-dealkylation sites (tertiary alicyclic amines) is 1. The molecule has 2 aromatic carbocycles. The summed E-state index contributed by atoms with van der Waals surface area (Å²) in [7, 11) is 0. The Bertz CT molecular complexity index is 704. The fourth-order valence-electron chi connectivity index (χ4n) is 3.04. The van der Waals surface area contributed by atoms with E-state index in [1.807, 2.05) is 35.2 Å². The zero-order valence-corrected chi connectivity index (χ0v) is 12.9. The molecule has 2 N–H and O–H groups in total. The number of piperidine rings is 1. The van der Waals surface area contributed by atoms with Gasteiger partial charge in [0.15, 0.2) is 5.78 Å². The van der Waals surface area contributed by atoms with Crippen LogP contribution in [0.15, 0.2) is 54.6 Å². The van der Waals surface area contributed by atoms with Crippen LogP contribution in [0.3, 0.4) is 0 Å². The Morgan fingerprint density at radius 3 is 2.22 bits per heavy atom. The van der Waals surface area contributed by atoms with Crippen LogP contribution in [0, 0.1) is 5.92 Å². The summed E-state index contributed by atoms with van der Waals surface area (Å²) < 4.78 is 0. The molecule has 0 saturated carbocycles. The lowest BCUT2D eigenvalue weighted by molar-refractivity contribution is 0.0650. The van der Waals surface area contributed by atoms with Gasteiger partial charge in [-0.2, -0.15) is 0 Å². The van der Waals surface area contributed by atoms with Gasteiger partial charge in [0.1, 0.15) is 0 Å². The van der Waals surface area contributed by atoms with E-state index in [0.717, 1.165) is 5.56 Å². The highest BCUT2D eigenvalue weighted by molar-refractivity contribution is 5.98. The third kappa shape index (κ3) is 3.42. The second-order valence-corrected chi connectivity index (χ2v) is 5.92. The minimum Gasteiger partial charge on any atom is -0.399 e. The van der Waals surface area contributed by atoms with Gasteiger partial charge in [-0.1, -0.05) is 36.4 Å². The minimum atomic E-state index is -0.0112. The van der Waals surface area contributed by atoms with Crippen molar-refractivity contribution in [2.45, 2.75) is 12.8 Å². The van der Waals surface area contributed by atoms with Gasteiger partial charge in [0.25, 0.3) is 5.91 Å². The average Bonchev–Trinajstić information content (AvgIpc) is 2.61. The summed E-state index contributed by atoms with van der Waals surface area (Å²) in [5.41, 5.74) is 7.69. The van der Waals surface area contributed by atoms with Crippen LogP contribution in [0.4, 0.5) is 5.69 Å². The van der Waals surface area contributed by atoms with E-state index in [1.54, 1.807) is 24.3 Å². The molecular weight excluding hydrogens is 288 g/mol. The molecule has 0 radical (unpaired) electrons. The van der Waals surface area contributed by atoms with Crippen molar-refractivity contribution in [3.63, 3.8) is 0 Å². The van der Waals surface area contributed by atoms with Crippen molar-refractivity contribution in [1.82, 2.24) is 4.90 Å². The number of anilines is 1. The Kier molecular flexibility index (Phi) is 4.42. The highest BCUT2D eigenvalue weighted by Gasteiger charge is 2.28. The number of carbonyl (C=O) groups excluding carboxylic acids is 2. The van der Waals surface area contributed by atoms with Crippen molar-refractivity contribution in [2.24, 2.45) is 5.92 Å². The lowest BCUT2D eigenvalue weighted by atomic mass is 9.88. The number of hydrogen-bond donors (Lipinski definition) is 1. The first-order valence-corrected chi connectivity index (χ1v) is 7.89. The number of ketones is 1. The van der Waals surface area contributed by atoms with Gasteiger partial charge in [0.05, 0.1) is 0 Å². The van der Waals surface area contributed by atoms with Crippen LogP contribution < -0.4 is 5.73 Å². The van der Waals surface area contributed by atoms with Gasteiger partial charge in [-0.3, -0.25) is 9.59 Å². The average molecular weight is 308 g/mol. The number of nitrogen functional groups attached to an aromatic ring is 1.